The highest BCUT2D eigenvalue weighted by molar-refractivity contribution is 5.69. The molecule has 0 heterocycles. The standard InChI is InChI=1S/C16H24O3/c1-4-18-16(17)11-6-5-7-12-19-15-10-8-9-13(2)14(15)3/h8-10H,4-7,11-12H2,1-3H3. The van der Waals surface area contributed by atoms with Gasteiger partial charge in [-0.3, -0.25) is 4.79 Å². The zero-order valence-electron chi connectivity index (χ0n) is 12.2. The minimum Gasteiger partial charge on any atom is -0.493 e. The third kappa shape index (κ3) is 5.77. The van der Waals surface area contributed by atoms with E-state index >= 15 is 0 Å². The molecule has 0 saturated heterocycles. The predicted molar refractivity (Wildman–Crippen MR) is 76.5 cm³/mol. The van der Waals surface area contributed by atoms with Crippen LogP contribution in [0.1, 0.15) is 43.7 Å². The van der Waals surface area contributed by atoms with Crippen LogP contribution in [0.25, 0.3) is 0 Å². The SMILES string of the molecule is CCOC(=O)CCCCCOc1cccc(C)c1C. The number of ether oxygens (including phenoxy) is 2. The molecule has 0 unspecified atom stereocenters. The lowest BCUT2D eigenvalue weighted by atomic mass is 10.1. The van der Waals surface area contributed by atoms with E-state index in [0.29, 0.717) is 19.6 Å². The van der Waals surface area contributed by atoms with Crippen molar-refractivity contribution >= 4 is 5.97 Å². The number of carbonyl (C=O) groups is 1. The summed E-state index contributed by atoms with van der Waals surface area (Å²) in [6, 6.07) is 6.10. The highest BCUT2D eigenvalue weighted by Crippen LogP contribution is 2.20. The van der Waals surface area contributed by atoms with Gasteiger partial charge in [-0.05, 0) is 57.2 Å². The number of unbranched alkanes of at least 4 members (excludes halogenated alkanes) is 2. The van der Waals surface area contributed by atoms with Crippen LogP contribution in [-0.4, -0.2) is 19.2 Å². The fourth-order valence-corrected chi connectivity index (χ4v) is 1.84. The first-order chi connectivity index (χ1) is 9.15. The molecule has 0 bridgehead atoms. The van der Waals surface area contributed by atoms with Crippen LogP contribution in [0.2, 0.25) is 0 Å². The van der Waals surface area contributed by atoms with Crippen molar-refractivity contribution < 1.29 is 14.3 Å². The zero-order chi connectivity index (χ0) is 14.1. The van der Waals surface area contributed by atoms with Gasteiger partial charge < -0.3 is 9.47 Å². The highest BCUT2D eigenvalue weighted by Gasteiger charge is 2.03. The van der Waals surface area contributed by atoms with E-state index in [2.05, 4.69) is 19.9 Å². The second-order valence-electron chi connectivity index (χ2n) is 4.66. The predicted octanol–water partition coefficient (Wildman–Crippen LogP) is 3.81. The Kier molecular flexibility index (Phi) is 7.01. The van der Waals surface area contributed by atoms with Crippen molar-refractivity contribution in [3.8, 4) is 5.75 Å². The van der Waals surface area contributed by atoms with E-state index in [-0.39, 0.29) is 5.97 Å². The van der Waals surface area contributed by atoms with Crippen molar-refractivity contribution in [2.75, 3.05) is 13.2 Å². The molecule has 0 fully saturated rings. The average molecular weight is 264 g/mol. The number of aryl methyl sites for hydroxylation is 1. The molecule has 0 atom stereocenters. The largest absolute Gasteiger partial charge is 0.493 e. The second-order valence-corrected chi connectivity index (χ2v) is 4.66. The molecular weight excluding hydrogens is 240 g/mol. The number of benzene rings is 1. The van der Waals surface area contributed by atoms with Gasteiger partial charge in [0.05, 0.1) is 13.2 Å². The topological polar surface area (TPSA) is 35.5 Å². The number of carbonyl (C=O) groups excluding carboxylic acids is 1. The highest BCUT2D eigenvalue weighted by atomic mass is 16.5. The van der Waals surface area contributed by atoms with Crippen molar-refractivity contribution in [3.63, 3.8) is 0 Å². The smallest absolute Gasteiger partial charge is 0.305 e. The van der Waals surface area contributed by atoms with Crippen molar-refractivity contribution in [1.29, 1.82) is 0 Å². The van der Waals surface area contributed by atoms with E-state index in [9.17, 15) is 4.79 Å². The molecule has 0 aromatic heterocycles. The van der Waals surface area contributed by atoms with Gasteiger partial charge in [-0.15, -0.1) is 0 Å². The molecule has 1 rings (SSSR count). The van der Waals surface area contributed by atoms with E-state index in [1.165, 1.54) is 11.1 Å². The lowest BCUT2D eigenvalue weighted by Gasteiger charge is -2.10. The Morgan fingerprint density at radius 1 is 1.16 bits per heavy atom. The van der Waals surface area contributed by atoms with Gasteiger partial charge in [-0.1, -0.05) is 12.1 Å². The molecule has 1 aromatic rings. The van der Waals surface area contributed by atoms with Gasteiger partial charge in [0.2, 0.25) is 0 Å². The van der Waals surface area contributed by atoms with E-state index in [4.69, 9.17) is 9.47 Å². The van der Waals surface area contributed by atoms with Gasteiger partial charge in [0.1, 0.15) is 5.75 Å². The van der Waals surface area contributed by atoms with Crippen LogP contribution in [-0.2, 0) is 9.53 Å². The monoisotopic (exact) mass is 264 g/mol. The number of hydrogen-bond acceptors (Lipinski definition) is 3. The Morgan fingerprint density at radius 3 is 2.68 bits per heavy atom. The van der Waals surface area contributed by atoms with E-state index in [1.54, 1.807) is 0 Å². The van der Waals surface area contributed by atoms with Crippen molar-refractivity contribution in [2.45, 2.75) is 46.5 Å². The Bertz CT molecular complexity index is 399. The maximum Gasteiger partial charge on any atom is 0.305 e. The fraction of sp³-hybridized carbons (Fsp3) is 0.562. The first kappa shape index (κ1) is 15.5. The molecule has 3 heteroatoms. The van der Waals surface area contributed by atoms with E-state index in [0.717, 1.165) is 25.0 Å². The summed E-state index contributed by atoms with van der Waals surface area (Å²) < 4.78 is 10.6. The van der Waals surface area contributed by atoms with Gasteiger partial charge >= 0.3 is 5.97 Å². The van der Waals surface area contributed by atoms with Crippen molar-refractivity contribution in [1.82, 2.24) is 0 Å². The number of rotatable bonds is 8. The normalized spacial score (nSPS) is 10.3. The van der Waals surface area contributed by atoms with Gasteiger partial charge in [0.25, 0.3) is 0 Å². The number of esters is 1. The Hall–Kier alpha value is -1.51. The lowest BCUT2D eigenvalue weighted by molar-refractivity contribution is -0.143. The molecule has 19 heavy (non-hydrogen) atoms. The first-order valence-electron chi connectivity index (χ1n) is 6.99. The quantitative estimate of drug-likeness (QED) is 0.529. The number of hydrogen-bond donors (Lipinski definition) is 0. The summed E-state index contributed by atoms with van der Waals surface area (Å²) >= 11 is 0. The lowest BCUT2D eigenvalue weighted by Crippen LogP contribution is -2.04. The average Bonchev–Trinajstić information content (AvgIpc) is 2.38. The molecule has 0 aliphatic carbocycles. The summed E-state index contributed by atoms with van der Waals surface area (Å²) in [6.07, 6.45) is 3.34. The molecule has 3 nitrogen and oxygen atoms in total. The van der Waals surface area contributed by atoms with Gasteiger partial charge in [0, 0.05) is 6.42 Å². The summed E-state index contributed by atoms with van der Waals surface area (Å²) in [6.45, 7) is 7.16. The van der Waals surface area contributed by atoms with Gasteiger partial charge in [0.15, 0.2) is 0 Å². The molecule has 0 N–H and O–H groups in total. The van der Waals surface area contributed by atoms with Crippen molar-refractivity contribution in [3.05, 3.63) is 29.3 Å². The molecule has 106 valence electrons. The first-order valence-corrected chi connectivity index (χ1v) is 6.99. The molecule has 1 aromatic carbocycles. The Labute approximate surface area is 115 Å². The molecule has 0 radical (unpaired) electrons. The van der Waals surface area contributed by atoms with Crippen LogP contribution >= 0.6 is 0 Å². The molecule has 0 amide bonds. The summed E-state index contributed by atoms with van der Waals surface area (Å²) in [5.74, 6) is 0.864. The van der Waals surface area contributed by atoms with Crippen LogP contribution in [0.5, 0.6) is 5.75 Å². The minimum absolute atomic E-state index is 0.0991. The maximum absolute atomic E-state index is 11.1. The molecule has 0 spiro atoms. The summed E-state index contributed by atoms with van der Waals surface area (Å²) in [7, 11) is 0. The third-order valence-electron chi connectivity index (χ3n) is 3.14. The Balaban J connectivity index is 2.14. The summed E-state index contributed by atoms with van der Waals surface area (Å²) in [5, 5.41) is 0. The van der Waals surface area contributed by atoms with Crippen molar-refractivity contribution in [2.24, 2.45) is 0 Å². The Morgan fingerprint density at radius 2 is 1.95 bits per heavy atom. The van der Waals surface area contributed by atoms with Crippen LogP contribution in [0.4, 0.5) is 0 Å². The van der Waals surface area contributed by atoms with E-state index < -0.39 is 0 Å². The summed E-state index contributed by atoms with van der Waals surface area (Å²) in [4.78, 5) is 11.1. The van der Waals surface area contributed by atoms with E-state index in [1.807, 2.05) is 19.1 Å². The maximum atomic E-state index is 11.1. The molecule has 0 aliphatic rings. The van der Waals surface area contributed by atoms with Crippen LogP contribution in [0.3, 0.4) is 0 Å². The minimum atomic E-state index is -0.0991. The van der Waals surface area contributed by atoms with Gasteiger partial charge in [-0.25, -0.2) is 0 Å². The second kappa shape index (κ2) is 8.57. The molecule has 0 aliphatic heterocycles. The van der Waals surface area contributed by atoms with Crippen LogP contribution in [0, 0.1) is 13.8 Å². The third-order valence-corrected chi connectivity index (χ3v) is 3.14. The summed E-state index contributed by atoms with van der Waals surface area (Å²) in [5.41, 5.74) is 2.45. The molecule has 0 saturated carbocycles. The van der Waals surface area contributed by atoms with Crippen LogP contribution in [0.15, 0.2) is 18.2 Å². The van der Waals surface area contributed by atoms with Crippen LogP contribution < -0.4 is 4.74 Å². The fourth-order valence-electron chi connectivity index (χ4n) is 1.84. The van der Waals surface area contributed by atoms with Gasteiger partial charge in [-0.2, -0.15) is 0 Å². The zero-order valence-corrected chi connectivity index (χ0v) is 12.2. The molecular formula is C16H24O3.